The highest BCUT2D eigenvalue weighted by atomic mass is 79.9. The first-order valence-electron chi connectivity index (χ1n) is 8.65. The summed E-state index contributed by atoms with van der Waals surface area (Å²) < 4.78 is 29.9. The van der Waals surface area contributed by atoms with Gasteiger partial charge in [0.2, 0.25) is 0 Å². The Labute approximate surface area is 161 Å². The number of aromatic nitrogens is 1. The van der Waals surface area contributed by atoms with Gasteiger partial charge < -0.3 is 0 Å². The lowest BCUT2D eigenvalue weighted by Crippen LogP contribution is -2.17. The van der Waals surface area contributed by atoms with Gasteiger partial charge in [0.25, 0.3) is 10.0 Å². The molecule has 0 fully saturated rings. The van der Waals surface area contributed by atoms with Crippen molar-refractivity contribution in [1.82, 2.24) is 4.98 Å². The number of hydrogen-bond acceptors (Lipinski definition) is 3. The van der Waals surface area contributed by atoms with Crippen molar-refractivity contribution in [3.05, 3.63) is 63.8 Å². The van der Waals surface area contributed by atoms with E-state index in [0.717, 1.165) is 57.9 Å². The summed E-state index contributed by atoms with van der Waals surface area (Å²) in [5.74, 6) is 0. The summed E-state index contributed by atoms with van der Waals surface area (Å²) in [6.07, 6.45) is 3.90. The second kappa shape index (κ2) is 6.67. The van der Waals surface area contributed by atoms with Gasteiger partial charge in [0, 0.05) is 15.6 Å². The summed E-state index contributed by atoms with van der Waals surface area (Å²) >= 11 is 3.42. The normalized spacial score (nSPS) is 14.2. The Morgan fingerprint density at radius 2 is 1.85 bits per heavy atom. The Kier molecular flexibility index (Phi) is 4.49. The van der Waals surface area contributed by atoms with Gasteiger partial charge in [0.05, 0.1) is 16.1 Å². The van der Waals surface area contributed by atoms with E-state index < -0.39 is 10.0 Å². The maximum absolute atomic E-state index is 13.0. The zero-order valence-corrected chi connectivity index (χ0v) is 16.8. The lowest BCUT2D eigenvalue weighted by molar-refractivity contribution is 0.601. The standard InChI is InChI=1S/C20H19BrN2O2S/c1-13-12-14(10-11-17(13)21)26(24,25)23-20-15-6-2-4-8-18(15)22-19-9-5-3-7-16(19)20/h2,4,6,8,10-12H,3,5,7,9H2,1H3,(H,22,23). The summed E-state index contributed by atoms with van der Waals surface area (Å²) in [5, 5.41) is 0.852. The largest absolute Gasteiger partial charge is 0.279 e. The Balaban J connectivity index is 1.87. The average molecular weight is 431 g/mol. The Bertz CT molecular complexity index is 1110. The number of halogens is 1. The highest BCUT2D eigenvalue weighted by Crippen LogP contribution is 2.34. The molecule has 2 aromatic carbocycles. The molecule has 1 aromatic heterocycles. The summed E-state index contributed by atoms with van der Waals surface area (Å²) in [6.45, 7) is 1.88. The molecule has 0 radical (unpaired) electrons. The topological polar surface area (TPSA) is 59.1 Å². The van der Waals surface area contributed by atoms with E-state index in [1.807, 2.05) is 31.2 Å². The van der Waals surface area contributed by atoms with E-state index in [-0.39, 0.29) is 4.90 Å². The number of nitrogens with zero attached hydrogens (tertiary/aromatic N) is 1. The molecule has 4 rings (SSSR count). The number of pyridine rings is 1. The quantitative estimate of drug-likeness (QED) is 0.636. The number of anilines is 1. The van der Waals surface area contributed by atoms with Crippen molar-refractivity contribution in [3.63, 3.8) is 0 Å². The molecule has 0 aliphatic heterocycles. The molecular formula is C20H19BrN2O2S. The Hall–Kier alpha value is -1.92. The number of sulfonamides is 1. The first-order valence-corrected chi connectivity index (χ1v) is 10.9. The SMILES string of the molecule is Cc1cc(S(=O)(=O)Nc2c3c(nc4ccccc24)CCCC3)ccc1Br. The number of rotatable bonds is 3. The highest BCUT2D eigenvalue weighted by molar-refractivity contribution is 9.10. The van der Waals surface area contributed by atoms with Crippen LogP contribution in [0.15, 0.2) is 51.8 Å². The molecule has 3 aromatic rings. The fourth-order valence-corrected chi connectivity index (χ4v) is 4.91. The van der Waals surface area contributed by atoms with Crippen LogP contribution in [-0.4, -0.2) is 13.4 Å². The van der Waals surface area contributed by atoms with E-state index in [0.29, 0.717) is 5.69 Å². The van der Waals surface area contributed by atoms with Gasteiger partial charge in [-0.15, -0.1) is 0 Å². The molecule has 0 amide bonds. The van der Waals surface area contributed by atoms with Crippen molar-refractivity contribution >= 4 is 42.5 Å². The van der Waals surface area contributed by atoms with Crippen LogP contribution in [0.25, 0.3) is 10.9 Å². The Morgan fingerprint density at radius 3 is 2.65 bits per heavy atom. The molecular weight excluding hydrogens is 412 g/mol. The van der Waals surface area contributed by atoms with Crippen LogP contribution in [0.1, 0.15) is 29.7 Å². The van der Waals surface area contributed by atoms with Crippen LogP contribution in [0.5, 0.6) is 0 Å². The molecule has 0 saturated carbocycles. The minimum atomic E-state index is -3.68. The van der Waals surface area contributed by atoms with Gasteiger partial charge in [-0.3, -0.25) is 9.71 Å². The maximum Gasteiger partial charge on any atom is 0.261 e. The van der Waals surface area contributed by atoms with Crippen molar-refractivity contribution in [3.8, 4) is 0 Å². The first kappa shape index (κ1) is 17.5. The van der Waals surface area contributed by atoms with Gasteiger partial charge in [-0.2, -0.15) is 0 Å². The third-order valence-corrected chi connectivity index (χ3v) is 7.08. The lowest BCUT2D eigenvalue weighted by Gasteiger charge is -2.21. The minimum absolute atomic E-state index is 0.267. The molecule has 0 bridgehead atoms. The molecule has 1 N–H and O–H groups in total. The van der Waals surface area contributed by atoms with Crippen molar-refractivity contribution in [2.45, 2.75) is 37.5 Å². The fraction of sp³-hybridized carbons (Fsp3) is 0.250. The second-order valence-electron chi connectivity index (χ2n) is 6.65. The van der Waals surface area contributed by atoms with E-state index in [2.05, 4.69) is 20.7 Å². The summed E-state index contributed by atoms with van der Waals surface area (Å²) in [7, 11) is -3.68. The predicted molar refractivity (Wildman–Crippen MR) is 108 cm³/mol. The molecule has 134 valence electrons. The van der Waals surface area contributed by atoms with Crippen molar-refractivity contribution < 1.29 is 8.42 Å². The minimum Gasteiger partial charge on any atom is -0.279 e. The molecule has 1 aliphatic rings. The molecule has 0 saturated heterocycles. The van der Waals surface area contributed by atoms with Crippen LogP contribution in [-0.2, 0) is 22.9 Å². The molecule has 1 heterocycles. The van der Waals surface area contributed by atoms with Gasteiger partial charge in [-0.1, -0.05) is 34.1 Å². The van der Waals surface area contributed by atoms with Gasteiger partial charge in [0.15, 0.2) is 0 Å². The van der Waals surface area contributed by atoms with E-state index in [1.165, 1.54) is 0 Å². The second-order valence-corrected chi connectivity index (χ2v) is 9.19. The average Bonchev–Trinajstić information content (AvgIpc) is 2.63. The zero-order valence-electron chi connectivity index (χ0n) is 14.4. The molecule has 0 atom stereocenters. The monoisotopic (exact) mass is 430 g/mol. The zero-order chi connectivity index (χ0) is 18.3. The van der Waals surface area contributed by atoms with Crippen molar-refractivity contribution in [1.29, 1.82) is 0 Å². The third-order valence-electron chi connectivity index (χ3n) is 4.85. The molecule has 0 spiro atoms. The Morgan fingerprint density at radius 1 is 1.08 bits per heavy atom. The van der Waals surface area contributed by atoms with Gasteiger partial charge in [-0.25, -0.2) is 8.42 Å². The summed E-state index contributed by atoms with van der Waals surface area (Å²) in [4.78, 5) is 5.03. The van der Waals surface area contributed by atoms with Crippen LogP contribution in [0.2, 0.25) is 0 Å². The molecule has 0 unspecified atom stereocenters. The molecule has 6 heteroatoms. The lowest BCUT2D eigenvalue weighted by atomic mass is 9.93. The number of nitrogens with one attached hydrogen (secondary N) is 1. The van der Waals surface area contributed by atoms with Crippen LogP contribution in [0.3, 0.4) is 0 Å². The van der Waals surface area contributed by atoms with Crippen LogP contribution < -0.4 is 4.72 Å². The van der Waals surface area contributed by atoms with Crippen LogP contribution in [0, 0.1) is 6.92 Å². The van der Waals surface area contributed by atoms with Crippen molar-refractivity contribution in [2.24, 2.45) is 0 Å². The van der Waals surface area contributed by atoms with Crippen molar-refractivity contribution in [2.75, 3.05) is 4.72 Å². The third kappa shape index (κ3) is 3.12. The number of hydrogen-bond donors (Lipinski definition) is 1. The molecule has 1 aliphatic carbocycles. The van der Waals surface area contributed by atoms with Gasteiger partial charge in [0.1, 0.15) is 0 Å². The van der Waals surface area contributed by atoms with E-state index in [1.54, 1.807) is 18.2 Å². The number of para-hydroxylation sites is 1. The van der Waals surface area contributed by atoms with Crippen LogP contribution >= 0.6 is 15.9 Å². The number of fused-ring (bicyclic) bond motifs is 2. The number of aryl methyl sites for hydroxylation is 2. The number of benzene rings is 2. The molecule has 26 heavy (non-hydrogen) atoms. The van der Waals surface area contributed by atoms with Gasteiger partial charge >= 0.3 is 0 Å². The smallest absolute Gasteiger partial charge is 0.261 e. The van der Waals surface area contributed by atoms with E-state index >= 15 is 0 Å². The predicted octanol–water partition coefficient (Wildman–Crippen LogP) is 4.99. The fourth-order valence-electron chi connectivity index (χ4n) is 3.47. The highest BCUT2D eigenvalue weighted by Gasteiger charge is 2.23. The summed E-state index contributed by atoms with van der Waals surface area (Å²) in [6, 6.07) is 12.8. The van der Waals surface area contributed by atoms with E-state index in [4.69, 9.17) is 4.98 Å². The summed E-state index contributed by atoms with van der Waals surface area (Å²) in [5.41, 5.74) is 4.45. The van der Waals surface area contributed by atoms with E-state index in [9.17, 15) is 8.42 Å². The van der Waals surface area contributed by atoms with Crippen LogP contribution in [0.4, 0.5) is 5.69 Å². The molecule has 4 nitrogen and oxygen atoms in total. The van der Waals surface area contributed by atoms with Gasteiger partial charge in [-0.05, 0) is 68.0 Å². The maximum atomic E-state index is 13.0. The first-order chi connectivity index (χ1) is 12.5.